The number of nitrogens with one attached hydrogen (secondary N) is 1. The highest BCUT2D eigenvalue weighted by atomic mass is 16.1. The van der Waals surface area contributed by atoms with E-state index >= 15 is 0 Å². The van der Waals surface area contributed by atoms with Gasteiger partial charge in [-0.1, -0.05) is 5.92 Å². The summed E-state index contributed by atoms with van der Waals surface area (Å²) >= 11 is 0. The predicted molar refractivity (Wildman–Crippen MR) is 60.8 cm³/mol. The van der Waals surface area contributed by atoms with E-state index in [1.807, 2.05) is 0 Å². The van der Waals surface area contributed by atoms with Gasteiger partial charge in [0.25, 0.3) is 0 Å². The molecule has 1 aromatic carbocycles. The first-order chi connectivity index (χ1) is 7.54. The number of carbonyl (C=O) groups excluding carboxylic acids is 2. The molecule has 1 aromatic rings. The molecule has 0 saturated carbocycles. The Bertz CT molecular complexity index is 442. The summed E-state index contributed by atoms with van der Waals surface area (Å²) in [5, 5.41) is 2.83. The average Bonchev–Trinajstić information content (AvgIpc) is 2.25. The molecule has 0 atom stereocenters. The molecule has 0 spiro atoms. The monoisotopic (exact) mass is 217 g/mol. The Morgan fingerprint density at radius 1 is 1.19 bits per heavy atom. The van der Waals surface area contributed by atoms with Crippen LogP contribution in [-0.4, -0.2) is 18.4 Å². The van der Waals surface area contributed by atoms with Crippen molar-refractivity contribution >= 4 is 17.5 Å². The van der Waals surface area contributed by atoms with Gasteiger partial charge in [-0.2, -0.15) is 0 Å². The van der Waals surface area contributed by atoms with Gasteiger partial charge in [-0.3, -0.25) is 9.59 Å². The van der Waals surface area contributed by atoms with Crippen LogP contribution in [0.2, 0.25) is 0 Å². The highest BCUT2D eigenvalue weighted by Crippen LogP contribution is 2.14. The molecule has 0 unspecified atom stereocenters. The van der Waals surface area contributed by atoms with Crippen molar-refractivity contribution in [2.75, 3.05) is 11.9 Å². The van der Waals surface area contributed by atoms with Gasteiger partial charge in [0.1, 0.15) is 0 Å². The zero-order valence-electron chi connectivity index (χ0n) is 8.49. The smallest absolute Gasteiger partial charge is 0.248 e. The van der Waals surface area contributed by atoms with Crippen molar-refractivity contribution in [3.63, 3.8) is 0 Å². The summed E-state index contributed by atoms with van der Waals surface area (Å²) in [5.74, 6) is 1.11. The summed E-state index contributed by atoms with van der Waals surface area (Å²) in [7, 11) is 0. The standard InChI is InChI=1S/C11H11N3O2/c1-2-3-14-9-5-7(10(12)15)4-8(6-9)11(13)16/h1,4-6,14H,3H2,(H2,12,15)(H2,13,16). The van der Waals surface area contributed by atoms with Crippen molar-refractivity contribution in [3.05, 3.63) is 29.3 Å². The molecule has 1 rings (SSSR count). The van der Waals surface area contributed by atoms with E-state index in [0.717, 1.165) is 0 Å². The number of nitrogens with two attached hydrogens (primary N) is 2. The van der Waals surface area contributed by atoms with E-state index in [4.69, 9.17) is 17.9 Å². The first kappa shape index (κ1) is 11.6. The van der Waals surface area contributed by atoms with Crippen molar-refractivity contribution in [1.82, 2.24) is 0 Å². The highest BCUT2D eigenvalue weighted by molar-refractivity contribution is 5.99. The lowest BCUT2D eigenvalue weighted by atomic mass is 10.1. The van der Waals surface area contributed by atoms with E-state index in [1.54, 1.807) is 0 Å². The topological polar surface area (TPSA) is 98.2 Å². The first-order valence-corrected chi connectivity index (χ1v) is 4.46. The maximum Gasteiger partial charge on any atom is 0.248 e. The van der Waals surface area contributed by atoms with Gasteiger partial charge in [0.15, 0.2) is 0 Å². The summed E-state index contributed by atoms with van der Waals surface area (Å²) in [6.07, 6.45) is 5.08. The van der Waals surface area contributed by atoms with E-state index in [0.29, 0.717) is 5.69 Å². The van der Waals surface area contributed by atoms with Crippen LogP contribution in [0.5, 0.6) is 0 Å². The van der Waals surface area contributed by atoms with E-state index in [1.165, 1.54) is 18.2 Å². The van der Waals surface area contributed by atoms with Gasteiger partial charge >= 0.3 is 0 Å². The number of hydrogen-bond acceptors (Lipinski definition) is 3. The maximum absolute atomic E-state index is 11.0. The van der Waals surface area contributed by atoms with Gasteiger partial charge in [-0.25, -0.2) is 0 Å². The van der Waals surface area contributed by atoms with Gasteiger partial charge in [0.2, 0.25) is 11.8 Å². The van der Waals surface area contributed by atoms with Crippen LogP contribution in [0.3, 0.4) is 0 Å². The lowest BCUT2D eigenvalue weighted by Gasteiger charge is -2.06. The predicted octanol–water partition coefficient (Wildman–Crippen LogP) is -0.0705. The zero-order valence-corrected chi connectivity index (χ0v) is 8.49. The summed E-state index contributed by atoms with van der Waals surface area (Å²) in [4.78, 5) is 22.0. The number of anilines is 1. The Kier molecular flexibility index (Phi) is 3.51. The van der Waals surface area contributed by atoms with Crippen molar-refractivity contribution in [3.8, 4) is 12.3 Å². The van der Waals surface area contributed by atoms with Gasteiger partial charge in [-0.05, 0) is 18.2 Å². The molecule has 0 bridgehead atoms. The molecule has 5 nitrogen and oxygen atoms in total. The van der Waals surface area contributed by atoms with Crippen molar-refractivity contribution in [2.24, 2.45) is 11.5 Å². The second-order valence-corrected chi connectivity index (χ2v) is 3.09. The first-order valence-electron chi connectivity index (χ1n) is 4.46. The Balaban J connectivity index is 3.14. The molecule has 0 saturated heterocycles. The summed E-state index contributed by atoms with van der Waals surface area (Å²) in [5.41, 5.74) is 11.2. The molecular weight excluding hydrogens is 206 g/mol. The third kappa shape index (κ3) is 2.75. The van der Waals surface area contributed by atoms with Gasteiger partial charge < -0.3 is 16.8 Å². The van der Waals surface area contributed by atoms with Gasteiger partial charge in [0, 0.05) is 16.8 Å². The molecule has 0 aliphatic rings. The minimum Gasteiger partial charge on any atom is -0.374 e. The third-order valence-electron chi connectivity index (χ3n) is 1.90. The van der Waals surface area contributed by atoms with Crippen LogP contribution in [0.4, 0.5) is 5.69 Å². The van der Waals surface area contributed by atoms with Crippen molar-refractivity contribution in [1.29, 1.82) is 0 Å². The van der Waals surface area contributed by atoms with Crippen LogP contribution in [0.15, 0.2) is 18.2 Å². The van der Waals surface area contributed by atoms with Crippen LogP contribution in [0, 0.1) is 12.3 Å². The molecule has 16 heavy (non-hydrogen) atoms. The van der Waals surface area contributed by atoms with Crippen LogP contribution >= 0.6 is 0 Å². The molecule has 2 amide bonds. The number of amides is 2. The SMILES string of the molecule is C#CCNc1cc(C(N)=O)cc(C(N)=O)c1. The molecule has 5 heteroatoms. The molecule has 0 heterocycles. The van der Waals surface area contributed by atoms with Gasteiger partial charge in [0.05, 0.1) is 6.54 Å². The molecule has 82 valence electrons. The molecular formula is C11H11N3O2. The van der Waals surface area contributed by atoms with Gasteiger partial charge in [-0.15, -0.1) is 6.42 Å². The number of primary amides is 2. The molecule has 0 radical (unpaired) electrons. The third-order valence-corrected chi connectivity index (χ3v) is 1.90. The van der Waals surface area contributed by atoms with E-state index in [2.05, 4.69) is 11.2 Å². The summed E-state index contributed by atoms with van der Waals surface area (Å²) in [6, 6.07) is 4.35. The average molecular weight is 217 g/mol. The van der Waals surface area contributed by atoms with Crippen molar-refractivity contribution in [2.45, 2.75) is 0 Å². The minimum absolute atomic E-state index is 0.204. The Labute approximate surface area is 92.8 Å². The Morgan fingerprint density at radius 2 is 1.69 bits per heavy atom. The number of terminal acetylenes is 1. The highest BCUT2D eigenvalue weighted by Gasteiger charge is 2.08. The van der Waals surface area contributed by atoms with E-state index in [9.17, 15) is 9.59 Å². The summed E-state index contributed by atoms with van der Waals surface area (Å²) in [6.45, 7) is 0.278. The second kappa shape index (κ2) is 4.84. The molecule has 0 aliphatic heterocycles. The second-order valence-electron chi connectivity index (χ2n) is 3.09. The fraction of sp³-hybridized carbons (Fsp3) is 0.0909. The Hall–Kier alpha value is -2.48. The van der Waals surface area contributed by atoms with Crippen molar-refractivity contribution < 1.29 is 9.59 Å². The number of rotatable bonds is 4. The normalized spacial score (nSPS) is 9.19. The van der Waals surface area contributed by atoms with E-state index in [-0.39, 0.29) is 17.7 Å². The van der Waals surface area contributed by atoms with Crippen LogP contribution < -0.4 is 16.8 Å². The largest absolute Gasteiger partial charge is 0.374 e. The quantitative estimate of drug-likeness (QED) is 0.615. The lowest BCUT2D eigenvalue weighted by Crippen LogP contribution is -2.16. The van der Waals surface area contributed by atoms with Crippen LogP contribution in [0.1, 0.15) is 20.7 Å². The molecule has 0 fully saturated rings. The zero-order chi connectivity index (χ0) is 12.1. The molecule has 0 aromatic heterocycles. The van der Waals surface area contributed by atoms with Crippen LogP contribution in [0.25, 0.3) is 0 Å². The fourth-order valence-corrected chi connectivity index (χ4v) is 1.17. The minimum atomic E-state index is -0.633. The maximum atomic E-state index is 11.0. The number of hydrogen-bond donors (Lipinski definition) is 3. The molecule has 0 aliphatic carbocycles. The van der Waals surface area contributed by atoms with E-state index < -0.39 is 11.8 Å². The Morgan fingerprint density at radius 3 is 2.06 bits per heavy atom. The fourth-order valence-electron chi connectivity index (χ4n) is 1.17. The molecule has 5 N–H and O–H groups in total. The lowest BCUT2D eigenvalue weighted by molar-refractivity contribution is 0.0999. The summed E-state index contributed by atoms with van der Waals surface area (Å²) < 4.78 is 0. The number of carbonyl (C=O) groups is 2. The van der Waals surface area contributed by atoms with Crippen LogP contribution in [-0.2, 0) is 0 Å². The number of benzene rings is 1.